The minimum absolute atomic E-state index is 0.231. The maximum atomic E-state index is 9.55. The maximum absolute atomic E-state index is 9.55. The lowest BCUT2D eigenvalue weighted by molar-refractivity contribution is 0.209. The van der Waals surface area contributed by atoms with Gasteiger partial charge in [0.2, 0.25) is 0 Å². The molecule has 0 spiro atoms. The van der Waals surface area contributed by atoms with Crippen LogP contribution in [0.2, 0.25) is 0 Å². The number of nitrogens with zero attached hydrogens (tertiary/aromatic N) is 1. The molecule has 106 valence electrons. The molecule has 0 saturated heterocycles. The van der Waals surface area contributed by atoms with Gasteiger partial charge >= 0.3 is 0 Å². The van der Waals surface area contributed by atoms with Crippen molar-refractivity contribution in [2.45, 2.75) is 56.4 Å². The van der Waals surface area contributed by atoms with Crippen molar-refractivity contribution in [3.63, 3.8) is 0 Å². The van der Waals surface area contributed by atoms with E-state index in [1.54, 1.807) is 0 Å². The number of nitriles is 1. The lowest BCUT2D eigenvalue weighted by atomic mass is 9.62. The Morgan fingerprint density at radius 3 is 2.45 bits per heavy atom. The fraction of sp³-hybridized carbons (Fsp3) is 0.611. The normalized spacial score (nSPS) is 30.4. The van der Waals surface area contributed by atoms with E-state index in [9.17, 15) is 5.26 Å². The number of hydrogen-bond acceptors (Lipinski definition) is 2. The van der Waals surface area contributed by atoms with E-state index in [1.807, 2.05) is 18.2 Å². The second kappa shape index (κ2) is 5.97. The molecule has 2 heteroatoms. The minimum atomic E-state index is -0.231. The maximum Gasteiger partial charge on any atom is 0.0852 e. The molecule has 0 bridgehead atoms. The van der Waals surface area contributed by atoms with Crippen LogP contribution in [0.3, 0.4) is 0 Å². The number of rotatable bonds is 4. The second-order valence-corrected chi connectivity index (χ2v) is 6.58. The van der Waals surface area contributed by atoms with Crippen LogP contribution in [0.5, 0.6) is 0 Å². The summed E-state index contributed by atoms with van der Waals surface area (Å²) in [5.41, 5.74) is 0.962. The van der Waals surface area contributed by atoms with E-state index in [-0.39, 0.29) is 5.41 Å². The van der Waals surface area contributed by atoms with Crippen LogP contribution in [0.1, 0.15) is 50.5 Å². The summed E-state index contributed by atoms with van der Waals surface area (Å²) in [5.74, 6) is 0.873. The monoisotopic (exact) mass is 268 g/mol. The zero-order valence-corrected chi connectivity index (χ0v) is 12.1. The summed E-state index contributed by atoms with van der Waals surface area (Å²) >= 11 is 0. The fourth-order valence-corrected chi connectivity index (χ4v) is 3.80. The first-order valence-corrected chi connectivity index (χ1v) is 8.02. The van der Waals surface area contributed by atoms with Gasteiger partial charge in [-0.2, -0.15) is 5.26 Å². The van der Waals surface area contributed by atoms with Crippen molar-refractivity contribution in [1.82, 2.24) is 5.32 Å². The molecule has 2 fully saturated rings. The smallest absolute Gasteiger partial charge is 0.0852 e. The SMILES string of the molecule is N#CC1(c2ccccc2)CC(NCC2CCCCC2)C1. The molecule has 1 aromatic carbocycles. The van der Waals surface area contributed by atoms with Crippen LogP contribution in [-0.4, -0.2) is 12.6 Å². The minimum Gasteiger partial charge on any atom is -0.314 e. The Morgan fingerprint density at radius 2 is 1.80 bits per heavy atom. The van der Waals surface area contributed by atoms with Crippen LogP contribution < -0.4 is 5.32 Å². The highest BCUT2D eigenvalue weighted by molar-refractivity contribution is 5.36. The fourth-order valence-electron chi connectivity index (χ4n) is 3.80. The van der Waals surface area contributed by atoms with Crippen LogP contribution in [0.4, 0.5) is 0 Å². The Hall–Kier alpha value is -1.33. The predicted molar refractivity (Wildman–Crippen MR) is 81.3 cm³/mol. The van der Waals surface area contributed by atoms with Crippen LogP contribution in [0, 0.1) is 17.2 Å². The third-order valence-electron chi connectivity index (χ3n) is 5.15. The highest BCUT2D eigenvalue weighted by Gasteiger charge is 2.45. The topological polar surface area (TPSA) is 35.8 Å². The summed E-state index contributed by atoms with van der Waals surface area (Å²) in [5, 5.41) is 13.2. The zero-order chi connectivity index (χ0) is 13.8. The van der Waals surface area contributed by atoms with E-state index in [2.05, 4.69) is 23.5 Å². The van der Waals surface area contributed by atoms with Crippen LogP contribution >= 0.6 is 0 Å². The van der Waals surface area contributed by atoms with E-state index >= 15 is 0 Å². The van der Waals surface area contributed by atoms with E-state index in [0.29, 0.717) is 6.04 Å². The summed E-state index contributed by atoms with van der Waals surface area (Å²) < 4.78 is 0. The zero-order valence-electron chi connectivity index (χ0n) is 12.1. The first-order chi connectivity index (χ1) is 9.82. The number of benzene rings is 1. The van der Waals surface area contributed by atoms with Gasteiger partial charge in [-0.25, -0.2) is 0 Å². The number of hydrogen-bond donors (Lipinski definition) is 1. The Kier molecular flexibility index (Phi) is 4.08. The molecule has 20 heavy (non-hydrogen) atoms. The van der Waals surface area contributed by atoms with E-state index in [4.69, 9.17) is 0 Å². The highest BCUT2D eigenvalue weighted by atomic mass is 14.9. The quantitative estimate of drug-likeness (QED) is 0.902. The van der Waals surface area contributed by atoms with Crippen molar-refractivity contribution in [3.05, 3.63) is 35.9 Å². The number of nitrogens with one attached hydrogen (secondary N) is 1. The van der Waals surface area contributed by atoms with Gasteiger partial charge in [0.15, 0.2) is 0 Å². The Bertz CT molecular complexity index is 462. The van der Waals surface area contributed by atoms with Crippen LogP contribution in [0.25, 0.3) is 0 Å². The molecule has 0 amide bonds. The van der Waals surface area contributed by atoms with Crippen molar-refractivity contribution in [3.8, 4) is 6.07 Å². The van der Waals surface area contributed by atoms with Gasteiger partial charge in [-0.3, -0.25) is 0 Å². The van der Waals surface area contributed by atoms with Gasteiger partial charge in [-0.1, -0.05) is 49.6 Å². The van der Waals surface area contributed by atoms with Gasteiger partial charge in [-0.05, 0) is 43.7 Å². The highest BCUT2D eigenvalue weighted by Crippen LogP contribution is 2.43. The van der Waals surface area contributed by atoms with Crippen molar-refractivity contribution < 1.29 is 0 Å². The average molecular weight is 268 g/mol. The van der Waals surface area contributed by atoms with Gasteiger partial charge in [-0.15, -0.1) is 0 Å². The molecule has 1 N–H and O–H groups in total. The third-order valence-corrected chi connectivity index (χ3v) is 5.15. The second-order valence-electron chi connectivity index (χ2n) is 6.58. The molecule has 0 radical (unpaired) electrons. The molecule has 2 aliphatic carbocycles. The van der Waals surface area contributed by atoms with Crippen molar-refractivity contribution in [2.24, 2.45) is 5.92 Å². The molecule has 0 unspecified atom stereocenters. The Morgan fingerprint density at radius 1 is 1.10 bits per heavy atom. The molecule has 0 heterocycles. The van der Waals surface area contributed by atoms with Crippen molar-refractivity contribution in [2.75, 3.05) is 6.54 Å². The first-order valence-electron chi connectivity index (χ1n) is 8.02. The Labute approximate surface area is 122 Å². The Balaban J connectivity index is 1.51. The van der Waals surface area contributed by atoms with Gasteiger partial charge in [0.25, 0.3) is 0 Å². The largest absolute Gasteiger partial charge is 0.314 e. The van der Waals surface area contributed by atoms with Gasteiger partial charge in [0.05, 0.1) is 11.5 Å². The molecule has 3 rings (SSSR count). The van der Waals surface area contributed by atoms with E-state index in [1.165, 1.54) is 37.7 Å². The molecule has 0 aromatic heterocycles. The molecule has 0 atom stereocenters. The van der Waals surface area contributed by atoms with Gasteiger partial charge < -0.3 is 5.32 Å². The summed E-state index contributed by atoms with van der Waals surface area (Å²) in [6.07, 6.45) is 8.96. The predicted octanol–water partition coefficient (Wildman–Crippen LogP) is 3.78. The summed E-state index contributed by atoms with van der Waals surface area (Å²) in [6.45, 7) is 1.15. The van der Waals surface area contributed by atoms with Gasteiger partial charge in [0.1, 0.15) is 0 Å². The van der Waals surface area contributed by atoms with Crippen LogP contribution in [0.15, 0.2) is 30.3 Å². The summed E-state index contributed by atoms with van der Waals surface area (Å²) in [7, 11) is 0. The van der Waals surface area contributed by atoms with Crippen LogP contribution in [-0.2, 0) is 5.41 Å². The summed E-state index contributed by atoms with van der Waals surface area (Å²) in [6, 6.07) is 13.4. The standard InChI is InChI=1S/C18H24N2/c19-14-18(16-9-5-2-6-10-16)11-17(12-18)20-13-15-7-3-1-4-8-15/h2,5-6,9-10,15,17,20H,1,3-4,7-8,11-13H2. The van der Waals surface area contributed by atoms with Crippen molar-refractivity contribution in [1.29, 1.82) is 5.26 Å². The average Bonchev–Trinajstić information content (AvgIpc) is 2.48. The van der Waals surface area contributed by atoms with E-state index in [0.717, 1.165) is 25.3 Å². The first kappa shape index (κ1) is 13.6. The van der Waals surface area contributed by atoms with Crippen molar-refractivity contribution >= 4 is 0 Å². The lowest BCUT2D eigenvalue weighted by Crippen LogP contribution is -2.51. The molecule has 0 aliphatic heterocycles. The molecule has 1 aromatic rings. The molecule has 2 saturated carbocycles. The molecular weight excluding hydrogens is 244 g/mol. The molecule has 2 nitrogen and oxygen atoms in total. The van der Waals surface area contributed by atoms with E-state index < -0.39 is 0 Å². The lowest BCUT2D eigenvalue weighted by Gasteiger charge is -2.44. The molecule has 2 aliphatic rings. The summed E-state index contributed by atoms with van der Waals surface area (Å²) in [4.78, 5) is 0. The third kappa shape index (κ3) is 2.74. The molecular formula is C18H24N2. The van der Waals surface area contributed by atoms with Gasteiger partial charge in [0, 0.05) is 6.04 Å².